The highest BCUT2D eigenvalue weighted by molar-refractivity contribution is 6.27. The first kappa shape index (κ1) is 38.5. The monoisotopic (exact) mass is 697 g/mol. The van der Waals surface area contributed by atoms with E-state index in [4.69, 9.17) is 18.9 Å². The van der Waals surface area contributed by atoms with Gasteiger partial charge in [0.1, 0.15) is 17.6 Å². The van der Waals surface area contributed by atoms with Crippen LogP contribution < -0.4 is 10.1 Å². The molecule has 3 heterocycles. The number of methoxy groups -OCH3 is 1. The van der Waals surface area contributed by atoms with Crippen LogP contribution in [0, 0.1) is 30.6 Å². The highest BCUT2D eigenvalue weighted by Gasteiger charge is 2.51. The minimum Gasteiger partial charge on any atom is -0.507 e. The Kier molecular flexibility index (Phi) is 11.5. The van der Waals surface area contributed by atoms with Crippen molar-refractivity contribution in [3.05, 3.63) is 70.2 Å². The van der Waals surface area contributed by atoms with Crippen molar-refractivity contribution in [1.29, 1.82) is 0 Å². The molecule has 10 atom stereocenters. The average Bonchev–Trinajstić information content (AvgIpc) is 3.33. The average molecular weight is 698 g/mol. The zero-order chi connectivity index (χ0) is 37.4. The first-order chi connectivity index (χ1) is 23.4. The molecule has 0 spiro atoms. The molecule has 0 saturated heterocycles. The number of ketones is 2. The molecule has 4 aliphatic rings. The predicted molar refractivity (Wildman–Crippen MR) is 180 cm³/mol. The standard InChI is InChI=1S/C37H47NO12/c1-16-11-10-12-17(2)36(46)38-23-15-24(40)26-27(32(23)44)31(43)21(6)34-28(26)35(45)37(8,50-34)48-14-13-25(47-9)18(3)33(49-22(7)39)20(5)30(42)19(4)29(16)41/h10-16,18-20,25,29-30,33,35,41-43,45H,1-9H3,(H,38,46)/b11-10-,14-13-,17-12-/t16-,18+,19+,20+,25-,29-,30+,33+,35+,37-/m0/s1. The summed E-state index contributed by atoms with van der Waals surface area (Å²) in [6.45, 7) is 12.5. The number of aliphatic hydroxyl groups is 3. The highest BCUT2D eigenvalue weighted by Crippen LogP contribution is 2.52. The van der Waals surface area contributed by atoms with Gasteiger partial charge in [-0.15, -0.1) is 0 Å². The minimum absolute atomic E-state index is 0.0392. The largest absolute Gasteiger partial charge is 0.507 e. The third-order valence-electron chi connectivity index (χ3n) is 9.99. The predicted octanol–water partition coefficient (Wildman–Crippen LogP) is 3.48. The summed E-state index contributed by atoms with van der Waals surface area (Å²) in [5, 5.41) is 47.6. The van der Waals surface area contributed by atoms with Gasteiger partial charge in [-0.25, -0.2) is 0 Å². The molecule has 13 heteroatoms. The summed E-state index contributed by atoms with van der Waals surface area (Å²) in [6.07, 6.45) is 2.94. The third kappa shape index (κ3) is 7.13. The van der Waals surface area contributed by atoms with Crippen molar-refractivity contribution in [2.75, 3.05) is 7.11 Å². The van der Waals surface area contributed by atoms with Gasteiger partial charge >= 0.3 is 5.97 Å². The number of nitrogens with one attached hydrogen (secondary N) is 1. The Morgan fingerprint density at radius 2 is 1.62 bits per heavy atom. The van der Waals surface area contributed by atoms with E-state index in [1.807, 2.05) is 0 Å². The number of hydrogen-bond acceptors (Lipinski definition) is 12. The molecule has 50 heavy (non-hydrogen) atoms. The molecule has 5 rings (SSSR count). The van der Waals surface area contributed by atoms with Gasteiger partial charge < -0.3 is 44.7 Å². The molecule has 1 aliphatic carbocycles. The summed E-state index contributed by atoms with van der Waals surface area (Å²) in [5.41, 5.74) is -0.851. The van der Waals surface area contributed by atoms with Gasteiger partial charge in [0, 0.05) is 73.0 Å². The Morgan fingerprint density at radius 3 is 2.24 bits per heavy atom. The molecule has 0 unspecified atom stereocenters. The maximum absolute atomic E-state index is 13.6. The lowest BCUT2D eigenvalue weighted by Gasteiger charge is -2.38. The second-order valence-electron chi connectivity index (χ2n) is 13.6. The number of Topliss-reactive ketones (excluding diaryl/α,β-unsaturated/α-hetero) is 1. The van der Waals surface area contributed by atoms with Crippen molar-refractivity contribution >= 4 is 23.4 Å². The number of carbonyl (C=O) groups is 4. The lowest BCUT2D eigenvalue weighted by Crippen LogP contribution is -2.46. The van der Waals surface area contributed by atoms with Crippen molar-refractivity contribution in [3.8, 4) is 11.5 Å². The molecule has 5 N–H and O–H groups in total. The van der Waals surface area contributed by atoms with Crippen molar-refractivity contribution < 1.29 is 58.6 Å². The molecular weight excluding hydrogens is 650 g/mol. The van der Waals surface area contributed by atoms with Gasteiger partial charge in [-0.1, -0.05) is 45.9 Å². The zero-order valence-corrected chi connectivity index (χ0v) is 29.7. The van der Waals surface area contributed by atoms with E-state index in [-0.39, 0.29) is 39.3 Å². The minimum atomic E-state index is -1.83. The van der Waals surface area contributed by atoms with Crippen LogP contribution in [0.15, 0.2) is 47.9 Å². The van der Waals surface area contributed by atoms with Gasteiger partial charge in [-0.2, -0.15) is 0 Å². The summed E-state index contributed by atoms with van der Waals surface area (Å²) < 4.78 is 23.3. The van der Waals surface area contributed by atoms with Crippen LogP contribution >= 0.6 is 0 Å². The smallest absolute Gasteiger partial charge is 0.302 e. The Hall–Kier alpha value is -4.30. The topological polar surface area (TPSA) is 198 Å². The maximum Gasteiger partial charge on any atom is 0.302 e. The number of carbonyl (C=O) groups excluding carboxylic acids is 4. The molecular formula is C37H47NO12. The molecule has 0 aromatic heterocycles. The van der Waals surface area contributed by atoms with E-state index in [0.717, 1.165) is 6.08 Å². The molecule has 1 aromatic carbocycles. The van der Waals surface area contributed by atoms with Crippen LogP contribution in [0.4, 0.5) is 0 Å². The molecule has 272 valence electrons. The number of phenolic OH excluding ortho intramolecular Hbond substituents is 1. The SMILES string of the molecule is CO[C@H]1/C=C\O[C@@]2(C)Oc3c(C)c(O)c4c(c3[C@H]2O)C(=O)C=C(NC(=O)/C(C)=C\C=C/[C@H](C)[C@H](O)[C@@H](C)[C@@H](O)[C@@H](C)[C@H](OC(C)=O)[C@@H]1C)C4=O. The van der Waals surface area contributed by atoms with E-state index in [1.54, 1.807) is 39.8 Å². The lowest BCUT2D eigenvalue weighted by atomic mass is 9.78. The summed E-state index contributed by atoms with van der Waals surface area (Å²) >= 11 is 0. The van der Waals surface area contributed by atoms with Crippen LogP contribution in [0.2, 0.25) is 0 Å². The van der Waals surface area contributed by atoms with Gasteiger partial charge in [0.25, 0.3) is 11.7 Å². The number of allylic oxidation sites excluding steroid dienone is 4. The van der Waals surface area contributed by atoms with Crippen molar-refractivity contribution in [2.45, 2.75) is 91.7 Å². The number of hydrogen-bond donors (Lipinski definition) is 5. The Bertz CT molecular complexity index is 1670. The van der Waals surface area contributed by atoms with Gasteiger partial charge in [0.15, 0.2) is 11.9 Å². The quantitative estimate of drug-likeness (QED) is 0.283. The second-order valence-corrected chi connectivity index (χ2v) is 13.6. The number of ether oxygens (including phenoxy) is 4. The molecule has 13 nitrogen and oxygen atoms in total. The number of aliphatic hydroxyl groups excluding tert-OH is 3. The fourth-order valence-electron chi connectivity index (χ4n) is 6.77. The van der Waals surface area contributed by atoms with E-state index in [0.29, 0.717) is 0 Å². The van der Waals surface area contributed by atoms with Gasteiger partial charge in [-0.3, -0.25) is 19.2 Å². The van der Waals surface area contributed by atoms with Crippen LogP contribution in [-0.4, -0.2) is 81.2 Å². The zero-order valence-electron chi connectivity index (χ0n) is 29.7. The van der Waals surface area contributed by atoms with Crippen LogP contribution in [0.1, 0.15) is 86.4 Å². The first-order valence-corrected chi connectivity index (χ1v) is 16.5. The van der Waals surface area contributed by atoms with Gasteiger partial charge in [0.2, 0.25) is 5.78 Å². The molecule has 1 aromatic rings. The third-order valence-corrected chi connectivity index (χ3v) is 9.99. The summed E-state index contributed by atoms with van der Waals surface area (Å²) in [4.78, 5) is 52.4. The molecule has 0 saturated carbocycles. The number of esters is 1. The van der Waals surface area contributed by atoms with Crippen LogP contribution in [0.3, 0.4) is 0 Å². The second kappa shape index (κ2) is 14.9. The first-order valence-electron chi connectivity index (χ1n) is 16.5. The van der Waals surface area contributed by atoms with E-state index in [2.05, 4.69) is 5.32 Å². The molecule has 1 amide bonds. The van der Waals surface area contributed by atoms with Crippen molar-refractivity contribution in [3.63, 3.8) is 0 Å². The summed E-state index contributed by atoms with van der Waals surface area (Å²) in [6, 6.07) is 0. The molecule has 0 radical (unpaired) electrons. The normalized spacial score (nSPS) is 35.9. The van der Waals surface area contributed by atoms with Gasteiger partial charge in [0.05, 0.1) is 35.8 Å². The van der Waals surface area contributed by atoms with E-state index >= 15 is 0 Å². The van der Waals surface area contributed by atoms with Crippen molar-refractivity contribution in [2.24, 2.45) is 23.7 Å². The van der Waals surface area contributed by atoms with Crippen LogP contribution in [-0.2, 0) is 23.8 Å². The van der Waals surface area contributed by atoms with E-state index in [9.17, 15) is 39.6 Å². The molecule has 5 bridgehead atoms. The Balaban J connectivity index is 1.83. The maximum atomic E-state index is 13.6. The van der Waals surface area contributed by atoms with E-state index in [1.165, 1.54) is 53.2 Å². The molecule has 3 aliphatic heterocycles. The Morgan fingerprint density at radius 1 is 0.960 bits per heavy atom. The highest BCUT2D eigenvalue weighted by atomic mass is 16.7. The van der Waals surface area contributed by atoms with Crippen LogP contribution in [0.25, 0.3) is 0 Å². The fraction of sp³-hybridized carbons (Fsp3) is 0.514. The number of rotatable bonds is 2. The fourth-order valence-corrected chi connectivity index (χ4v) is 6.77. The lowest BCUT2D eigenvalue weighted by molar-refractivity contribution is -0.181. The van der Waals surface area contributed by atoms with Gasteiger partial charge in [-0.05, 0) is 19.9 Å². The number of phenols is 1. The van der Waals surface area contributed by atoms with E-state index < -0.39 is 89.2 Å². The number of aromatic hydroxyl groups is 1. The number of fused-ring (bicyclic) bond motifs is 14. The number of benzene rings is 1. The summed E-state index contributed by atoms with van der Waals surface area (Å²) in [7, 11) is 1.44. The summed E-state index contributed by atoms with van der Waals surface area (Å²) in [5.74, 6) is -7.67. The van der Waals surface area contributed by atoms with Crippen molar-refractivity contribution in [1.82, 2.24) is 5.32 Å². The molecule has 0 fully saturated rings. The Labute approximate surface area is 291 Å². The van der Waals surface area contributed by atoms with Crippen LogP contribution in [0.5, 0.6) is 11.5 Å². The number of amides is 1.